The molecule has 0 atom stereocenters. The Morgan fingerprint density at radius 3 is 2.55 bits per heavy atom. The van der Waals surface area contributed by atoms with Crippen LogP contribution in [0.5, 0.6) is 0 Å². The zero-order chi connectivity index (χ0) is 14.8. The lowest BCUT2D eigenvalue weighted by Gasteiger charge is -2.25. The normalized spacial score (nSPS) is 11.6. The summed E-state index contributed by atoms with van der Waals surface area (Å²) < 4.78 is 0. The van der Waals surface area contributed by atoms with E-state index in [1.165, 1.54) is 0 Å². The fourth-order valence-corrected chi connectivity index (χ4v) is 2.31. The summed E-state index contributed by atoms with van der Waals surface area (Å²) in [6, 6.07) is 10.0. The molecule has 0 saturated heterocycles. The van der Waals surface area contributed by atoms with Gasteiger partial charge in [0.15, 0.2) is 0 Å². The van der Waals surface area contributed by atoms with E-state index in [-0.39, 0.29) is 11.3 Å². The van der Waals surface area contributed by atoms with Crippen LogP contribution in [-0.4, -0.2) is 17.4 Å². The molecule has 20 heavy (non-hydrogen) atoms. The Morgan fingerprint density at radius 1 is 1.20 bits per heavy atom. The average Bonchev–Trinajstić information content (AvgIpc) is 2.38. The molecule has 2 rings (SSSR count). The van der Waals surface area contributed by atoms with Gasteiger partial charge in [0, 0.05) is 24.5 Å². The van der Waals surface area contributed by atoms with Crippen molar-refractivity contribution in [2.24, 2.45) is 5.41 Å². The number of amides is 1. The van der Waals surface area contributed by atoms with Crippen molar-refractivity contribution >= 4 is 22.5 Å². The number of benzene rings is 1. The van der Waals surface area contributed by atoms with Crippen LogP contribution in [0.3, 0.4) is 0 Å². The number of pyridine rings is 1. The van der Waals surface area contributed by atoms with E-state index in [1.807, 2.05) is 37.3 Å². The molecule has 106 valence electrons. The maximum Gasteiger partial charge on any atom is 0.228 e. The van der Waals surface area contributed by atoms with Crippen molar-refractivity contribution in [2.75, 3.05) is 11.4 Å². The number of rotatable bonds is 3. The molecule has 0 aliphatic heterocycles. The number of hydrogen-bond donors (Lipinski definition) is 0. The van der Waals surface area contributed by atoms with Crippen molar-refractivity contribution in [3.63, 3.8) is 0 Å². The summed E-state index contributed by atoms with van der Waals surface area (Å²) in [6.07, 6.45) is 2.29. The smallest absolute Gasteiger partial charge is 0.228 e. The van der Waals surface area contributed by atoms with Crippen molar-refractivity contribution < 1.29 is 4.79 Å². The van der Waals surface area contributed by atoms with E-state index in [9.17, 15) is 4.79 Å². The molecule has 0 bridgehead atoms. The van der Waals surface area contributed by atoms with Gasteiger partial charge in [-0.25, -0.2) is 4.98 Å². The molecule has 0 aliphatic rings. The van der Waals surface area contributed by atoms with Crippen LogP contribution in [0, 0.1) is 5.41 Å². The Kier molecular flexibility index (Phi) is 4.07. The Morgan fingerprint density at radius 2 is 1.90 bits per heavy atom. The summed E-state index contributed by atoms with van der Waals surface area (Å²) in [7, 11) is 0. The van der Waals surface area contributed by atoms with Crippen molar-refractivity contribution in [1.82, 2.24) is 4.98 Å². The third-order valence-electron chi connectivity index (χ3n) is 3.21. The van der Waals surface area contributed by atoms with Crippen LogP contribution in [0.15, 0.2) is 36.5 Å². The van der Waals surface area contributed by atoms with Gasteiger partial charge in [-0.2, -0.15) is 0 Å². The Hall–Kier alpha value is -1.90. The summed E-state index contributed by atoms with van der Waals surface area (Å²) >= 11 is 0. The Balaban J connectivity index is 2.42. The van der Waals surface area contributed by atoms with Crippen molar-refractivity contribution in [3.8, 4) is 0 Å². The van der Waals surface area contributed by atoms with Gasteiger partial charge in [0.1, 0.15) is 5.82 Å². The van der Waals surface area contributed by atoms with Crippen molar-refractivity contribution in [1.29, 1.82) is 0 Å². The highest BCUT2D eigenvalue weighted by Crippen LogP contribution is 2.27. The first-order valence-electron chi connectivity index (χ1n) is 7.06. The number of hydrogen-bond acceptors (Lipinski definition) is 2. The fraction of sp³-hybridized carbons (Fsp3) is 0.412. The molecule has 1 aromatic heterocycles. The summed E-state index contributed by atoms with van der Waals surface area (Å²) in [4.78, 5) is 18.7. The van der Waals surface area contributed by atoms with Gasteiger partial charge in [-0.1, -0.05) is 45.0 Å². The summed E-state index contributed by atoms with van der Waals surface area (Å²) in [5, 5.41) is 2.14. The zero-order valence-electron chi connectivity index (χ0n) is 12.7. The van der Waals surface area contributed by atoms with Gasteiger partial charge in [-0.15, -0.1) is 0 Å². The highest BCUT2D eigenvalue weighted by Gasteiger charge is 2.23. The first-order valence-corrected chi connectivity index (χ1v) is 7.06. The highest BCUT2D eigenvalue weighted by molar-refractivity contribution is 6.02. The number of anilines is 1. The summed E-state index contributed by atoms with van der Waals surface area (Å²) in [6.45, 7) is 8.86. The quantitative estimate of drug-likeness (QED) is 0.843. The van der Waals surface area contributed by atoms with Crippen LogP contribution in [-0.2, 0) is 4.79 Å². The second kappa shape index (κ2) is 5.61. The van der Waals surface area contributed by atoms with Crippen LogP contribution in [0.25, 0.3) is 10.8 Å². The van der Waals surface area contributed by atoms with Gasteiger partial charge in [-0.05, 0) is 23.8 Å². The molecule has 3 nitrogen and oxygen atoms in total. The van der Waals surface area contributed by atoms with Crippen LogP contribution in [0.4, 0.5) is 5.82 Å². The first-order chi connectivity index (χ1) is 9.42. The molecule has 0 aliphatic carbocycles. The summed E-state index contributed by atoms with van der Waals surface area (Å²) in [5.74, 6) is 0.892. The predicted molar refractivity (Wildman–Crippen MR) is 83.8 cm³/mol. The minimum absolute atomic E-state index is 0.0188. The maximum atomic E-state index is 12.5. The van der Waals surface area contributed by atoms with Gasteiger partial charge in [0.2, 0.25) is 5.91 Å². The minimum Gasteiger partial charge on any atom is -0.297 e. The molecule has 0 unspecified atom stereocenters. The molecule has 1 heterocycles. The molecular formula is C17H22N2O. The van der Waals surface area contributed by atoms with Crippen molar-refractivity contribution in [2.45, 2.75) is 34.1 Å². The average molecular weight is 270 g/mol. The maximum absolute atomic E-state index is 12.5. The molecule has 0 saturated carbocycles. The van der Waals surface area contributed by atoms with E-state index in [4.69, 9.17) is 0 Å². The number of nitrogens with zero attached hydrogens (tertiary/aromatic N) is 2. The lowest BCUT2D eigenvalue weighted by atomic mass is 9.91. The molecule has 3 heteroatoms. The van der Waals surface area contributed by atoms with Crippen molar-refractivity contribution in [3.05, 3.63) is 36.5 Å². The standard InChI is InChI=1S/C17H22N2O/c1-5-19(15(20)12-17(2,3)4)16-14-9-7-6-8-13(14)10-11-18-16/h6-11H,5,12H2,1-4H3. The fourth-order valence-electron chi connectivity index (χ4n) is 2.31. The Bertz CT molecular complexity index is 608. The Labute approximate surface area is 120 Å². The minimum atomic E-state index is -0.0188. The van der Waals surface area contributed by atoms with Gasteiger partial charge >= 0.3 is 0 Å². The topological polar surface area (TPSA) is 33.2 Å². The van der Waals surface area contributed by atoms with Gasteiger partial charge in [0.25, 0.3) is 0 Å². The van der Waals surface area contributed by atoms with E-state index >= 15 is 0 Å². The predicted octanol–water partition coefficient (Wildman–Crippen LogP) is 4.02. The van der Waals surface area contributed by atoms with E-state index in [0.717, 1.165) is 16.6 Å². The lowest BCUT2D eigenvalue weighted by Crippen LogP contribution is -2.34. The third kappa shape index (κ3) is 3.16. The van der Waals surface area contributed by atoms with Gasteiger partial charge in [0.05, 0.1) is 0 Å². The third-order valence-corrected chi connectivity index (χ3v) is 3.21. The molecule has 0 radical (unpaired) electrons. The molecule has 1 aromatic carbocycles. The molecule has 0 spiro atoms. The monoisotopic (exact) mass is 270 g/mol. The number of carbonyl (C=O) groups excluding carboxylic acids is 1. The summed E-state index contributed by atoms with van der Waals surface area (Å²) in [5.41, 5.74) is -0.0188. The number of aromatic nitrogens is 1. The van der Waals surface area contributed by atoms with E-state index in [0.29, 0.717) is 13.0 Å². The second-order valence-electron chi connectivity index (χ2n) is 6.23. The van der Waals surface area contributed by atoms with Crippen LogP contribution in [0.2, 0.25) is 0 Å². The van der Waals surface area contributed by atoms with E-state index < -0.39 is 0 Å². The van der Waals surface area contributed by atoms with Crippen LogP contribution < -0.4 is 4.90 Å². The highest BCUT2D eigenvalue weighted by atomic mass is 16.2. The number of fused-ring (bicyclic) bond motifs is 1. The lowest BCUT2D eigenvalue weighted by molar-refractivity contribution is -0.120. The van der Waals surface area contributed by atoms with Gasteiger partial charge in [-0.3, -0.25) is 9.69 Å². The molecule has 1 amide bonds. The van der Waals surface area contributed by atoms with Crippen LogP contribution >= 0.6 is 0 Å². The zero-order valence-corrected chi connectivity index (χ0v) is 12.7. The largest absolute Gasteiger partial charge is 0.297 e. The molecule has 2 aromatic rings. The molecule has 0 fully saturated rings. The van der Waals surface area contributed by atoms with Crippen LogP contribution in [0.1, 0.15) is 34.1 Å². The number of carbonyl (C=O) groups is 1. The molecular weight excluding hydrogens is 248 g/mol. The molecule has 0 N–H and O–H groups in total. The second-order valence-corrected chi connectivity index (χ2v) is 6.23. The SMILES string of the molecule is CCN(C(=O)CC(C)(C)C)c1nccc2ccccc12. The van der Waals surface area contributed by atoms with Gasteiger partial charge < -0.3 is 0 Å². The first kappa shape index (κ1) is 14.5. The van der Waals surface area contributed by atoms with E-state index in [1.54, 1.807) is 11.1 Å². The van der Waals surface area contributed by atoms with E-state index in [2.05, 4.69) is 25.8 Å².